The predicted octanol–water partition coefficient (Wildman–Crippen LogP) is -0.489. The molecule has 0 spiro atoms. The molecule has 0 bridgehead atoms. The molecular weight excluding hydrogens is 394 g/mol. The number of amides is 2. The molecule has 8 N–H and O–H groups in total. The third-order valence-electron chi connectivity index (χ3n) is 4.15. The summed E-state index contributed by atoms with van der Waals surface area (Å²) in [5.41, 5.74) is 6.19. The van der Waals surface area contributed by atoms with E-state index in [9.17, 15) is 24.3 Å². The Morgan fingerprint density at radius 2 is 1.80 bits per heavy atom. The summed E-state index contributed by atoms with van der Waals surface area (Å²) in [5.74, 6) is -4.76. The Bertz CT molecular complexity index is 810. The number of nitrogens with one attached hydrogen (secondary N) is 4. The Kier molecular flexibility index (Phi) is 9.27. The van der Waals surface area contributed by atoms with Gasteiger partial charge in [0.05, 0.1) is 6.42 Å². The molecule has 1 aromatic carbocycles. The van der Waals surface area contributed by atoms with Crippen molar-refractivity contribution in [2.45, 2.75) is 38.8 Å². The number of benzene rings is 1. The van der Waals surface area contributed by atoms with Crippen molar-refractivity contribution in [1.29, 1.82) is 5.41 Å². The van der Waals surface area contributed by atoms with Crippen LogP contribution in [0.25, 0.3) is 0 Å². The number of rotatable bonds is 11. The Morgan fingerprint density at radius 1 is 1.13 bits per heavy atom. The highest BCUT2D eigenvalue weighted by Gasteiger charge is 2.30. The Labute approximate surface area is 173 Å². The first-order valence-electron chi connectivity index (χ1n) is 9.24. The third kappa shape index (κ3) is 8.17. The summed E-state index contributed by atoms with van der Waals surface area (Å²) >= 11 is 0. The molecule has 0 fully saturated rings. The number of carbonyl (C=O) groups is 4. The second kappa shape index (κ2) is 11.4. The maximum atomic E-state index is 12.6. The zero-order valence-corrected chi connectivity index (χ0v) is 16.8. The first-order chi connectivity index (χ1) is 14.0. The monoisotopic (exact) mass is 421 g/mol. The van der Waals surface area contributed by atoms with Crippen LogP contribution >= 0.6 is 0 Å². The molecule has 2 atom stereocenters. The topological polar surface area (TPSA) is 195 Å². The van der Waals surface area contributed by atoms with Gasteiger partial charge in [0.15, 0.2) is 5.96 Å². The molecule has 0 saturated carbocycles. The van der Waals surface area contributed by atoms with Crippen LogP contribution in [0.5, 0.6) is 0 Å². The molecule has 0 radical (unpaired) electrons. The van der Waals surface area contributed by atoms with Gasteiger partial charge in [-0.25, -0.2) is 4.79 Å². The lowest BCUT2D eigenvalue weighted by Crippen LogP contribution is -2.53. The zero-order chi connectivity index (χ0) is 22.8. The molecule has 1 aromatic rings. The first-order valence-corrected chi connectivity index (χ1v) is 9.24. The van der Waals surface area contributed by atoms with Gasteiger partial charge in [-0.05, 0) is 30.0 Å². The van der Waals surface area contributed by atoms with E-state index in [-0.39, 0.29) is 11.5 Å². The maximum Gasteiger partial charge on any atom is 0.326 e. The van der Waals surface area contributed by atoms with Crippen LogP contribution < -0.4 is 21.7 Å². The lowest BCUT2D eigenvalue weighted by atomic mass is 10.0. The summed E-state index contributed by atoms with van der Waals surface area (Å²) in [6.45, 7) is 3.57. The van der Waals surface area contributed by atoms with E-state index in [0.29, 0.717) is 13.0 Å². The van der Waals surface area contributed by atoms with Crippen LogP contribution in [0.2, 0.25) is 0 Å². The largest absolute Gasteiger partial charge is 0.481 e. The normalized spacial score (nSPS) is 12.5. The minimum atomic E-state index is -1.45. The summed E-state index contributed by atoms with van der Waals surface area (Å²) in [4.78, 5) is 47.4. The quantitative estimate of drug-likeness (QED) is 0.183. The van der Waals surface area contributed by atoms with Crippen LogP contribution in [-0.2, 0) is 20.8 Å². The minimum Gasteiger partial charge on any atom is -0.481 e. The van der Waals surface area contributed by atoms with Crippen molar-refractivity contribution in [2.75, 3.05) is 6.54 Å². The molecule has 0 saturated heterocycles. The van der Waals surface area contributed by atoms with Gasteiger partial charge in [0.1, 0.15) is 12.1 Å². The molecule has 0 heterocycles. The van der Waals surface area contributed by atoms with Crippen molar-refractivity contribution in [3.8, 4) is 0 Å². The molecule has 2 amide bonds. The molecule has 1 rings (SSSR count). The molecule has 0 aliphatic carbocycles. The van der Waals surface area contributed by atoms with E-state index in [1.807, 2.05) is 0 Å². The number of carbonyl (C=O) groups excluding carboxylic acids is 2. The van der Waals surface area contributed by atoms with Crippen LogP contribution in [-0.4, -0.2) is 58.6 Å². The van der Waals surface area contributed by atoms with Gasteiger partial charge in [0.25, 0.3) is 5.91 Å². The standard InChI is InChI=1S/C19H27N5O6/c1-10(2)15(18(29)30)24-17(28)13(9-14(25)26)23-16(27)12-5-3-4-11(8-12)6-7-22-19(20)21/h3-5,8,10,13,15H,6-7,9H2,1-2H3,(H,23,27)(H,24,28)(H,25,26)(H,29,30)(H4,20,21,22)/t13-,15-/m0/s1. The summed E-state index contributed by atoms with van der Waals surface area (Å²) in [6.07, 6.45) is -0.224. The first kappa shape index (κ1) is 24.4. The van der Waals surface area contributed by atoms with Crippen molar-refractivity contribution in [2.24, 2.45) is 11.7 Å². The highest BCUT2D eigenvalue weighted by molar-refractivity contribution is 5.99. The van der Waals surface area contributed by atoms with Crippen molar-refractivity contribution < 1.29 is 29.4 Å². The van der Waals surface area contributed by atoms with Crippen molar-refractivity contribution in [1.82, 2.24) is 16.0 Å². The summed E-state index contributed by atoms with van der Waals surface area (Å²) in [5, 5.41) is 32.7. The van der Waals surface area contributed by atoms with Gasteiger partial charge in [-0.2, -0.15) is 0 Å². The van der Waals surface area contributed by atoms with Crippen molar-refractivity contribution in [3.05, 3.63) is 35.4 Å². The molecule has 0 aromatic heterocycles. The molecule has 0 aliphatic rings. The highest BCUT2D eigenvalue weighted by Crippen LogP contribution is 2.08. The number of aliphatic carboxylic acids is 2. The number of hydrogen-bond donors (Lipinski definition) is 7. The molecule has 0 aliphatic heterocycles. The van der Waals surface area contributed by atoms with Crippen LogP contribution in [0.15, 0.2) is 24.3 Å². The number of guanidine groups is 1. The van der Waals surface area contributed by atoms with Crippen molar-refractivity contribution in [3.63, 3.8) is 0 Å². The van der Waals surface area contributed by atoms with Gasteiger partial charge in [0.2, 0.25) is 5.91 Å². The minimum absolute atomic E-state index is 0.174. The Hall–Kier alpha value is -3.63. The highest BCUT2D eigenvalue weighted by atomic mass is 16.4. The van der Waals surface area contributed by atoms with Crippen LogP contribution in [0, 0.1) is 11.3 Å². The maximum absolute atomic E-state index is 12.6. The fourth-order valence-electron chi connectivity index (χ4n) is 2.60. The number of hydrogen-bond acceptors (Lipinski definition) is 5. The summed E-state index contributed by atoms with van der Waals surface area (Å²) in [6, 6.07) is 3.80. The molecule has 11 nitrogen and oxygen atoms in total. The Balaban J connectivity index is 2.90. The van der Waals surface area contributed by atoms with Gasteiger partial charge in [-0.1, -0.05) is 26.0 Å². The van der Waals surface area contributed by atoms with E-state index in [1.54, 1.807) is 32.0 Å². The van der Waals surface area contributed by atoms with E-state index in [0.717, 1.165) is 5.56 Å². The average molecular weight is 421 g/mol. The van der Waals surface area contributed by atoms with Crippen LogP contribution in [0.4, 0.5) is 0 Å². The van der Waals surface area contributed by atoms with E-state index in [1.165, 1.54) is 6.07 Å². The Morgan fingerprint density at radius 3 is 2.33 bits per heavy atom. The number of carboxylic acid groups (broad SMARTS) is 2. The molecular formula is C19H27N5O6. The number of nitrogens with two attached hydrogens (primary N) is 1. The molecule has 0 unspecified atom stereocenters. The van der Waals surface area contributed by atoms with E-state index in [2.05, 4.69) is 16.0 Å². The fourth-order valence-corrected chi connectivity index (χ4v) is 2.60. The predicted molar refractivity (Wildman–Crippen MR) is 108 cm³/mol. The van der Waals surface area contributed by atoms with Gasteiger partial charge in [0, 0.05) is 12.1 Å². The lowest BCUT2D eigenvalue weighted by molar-refractivity contribution is -0.144. The van der Waals surface area contributed by atoms with Crippen LogP contribution in [0.3, 0.4) is 0 Å². The average Bonchev–Trinajstić information content (AvgIpc) is 2.64. The van der Waals surface area contributed by atoms with Gasteiger partial charge in [-0.15, -0.1) is 0 Å². The molecule has 164 valence electrons. The molecule has 11 heteroatoms. The SMILES string of the molecule is CC(C)[C@H](NC(=O)[C@H](CC(=O)O)NC(=O)c1cccc(CCNC(=N)N)c1)C(=O)O. The van der Waals surface area contributed by atoms with Crippen LogP contribution in [0.1, 0.15) is 36.2 Å². The van der Waals surface area contributed by atoms with Gasteiger partial charge >= 0.3 is 11.9 Å². The van der Waals surface area contributed by atoms with E-state index in [4.69, 9.17) is 16.2 Å². The third-order valence-corrected chi connectivity index (χ3v) is 4.15. The van der Waals surface area contributed by atoms with Gasteiger partial charge < -0.3 is 31.9 Å². The summed E-state index contributed by atoms with van der Waals surface area (Å²) in [7, 11) is 0. The second-order valence-corrected chi connectivity index (χ2v) is 6.98. The lowest BCUT2D eigenvalue weighted by Gasteiger charge is -2.22. The number of carboxylic acids is 2. The fraction of sp³-hybridized carbons (Fsp3) is 0.421. The second-order valence-electron chi connectivity index (χ2n) is 6.98. The summed E-state index contributed by atoms with van der Waals surface area (Å²) < 4.78 is 0. The zero-order valence-electron chi connectivity index (χ0n) is 16.8. The van der Waals surface area contributed by atoms with E-state index >= 15 is 0 Å². The van der Waals surface area contributed by atoms with Gasteiger partial charge in [-0.3, -0.25) is 19.8 Å². The van der Waals surface area contributed by atoms with Crippen molar-refractivity contribution >= 4 is 29.7 Å². The smallest absolute Gasteiger partial charge is 0.326 e. The van der Waals surface area contributed by atoms with E-state index < -0.39 is 48.2 Å². The molecule has 30 heavy (non-hydrogen) atoms.